The van der Waals surface area contributed by atoms with Crippen molar-refractivity contribution in [1.82, 2.24) is 0 Å². The summed E-state index contributed by atoms with van der Waals surface area (Å²) in [5.41, 5.74) is -0.627. The number of aliphatic imine (C=N–C) groups is 1. The quantitative estimate of drug-likeness (QED) is 0.580. The Morgan fingerprint density at radius 3 is 2.35 bits per heavy atom. The molecule has 0 aliphatic carbocycles. The van der Waals surface area contributed by atoms with E-state index in [4.69, 9.17) is 4.74 Å². The van der Waals surface area contributed by atoms with Crippen molar-refractivity contribution in [2.24, 2.45) is 4.99 Å². The fourth-order valence-corrected chi connectivity index (χ4v) is 1.17. The zero-order chi connectivity index (χ0) is 12.9. The van der Waals surface area contributed by atoms with E-state index in [1.54, 1.807) is 12.1 Å². The van der Waals surface area contributed by atoms with Gasteiger partial charge in [-0.3, -0.25) is 0 Å². The summed E-state index contributed by atoms with van der Waals surface area (Å²) >= 11 is 0. The summed E-state index contributed by atoms with van der Waals surface area (Å²) in [7, 11) is 1.48. The Hall–Kier alpha value is -1.78. The fraction of sp³-hybridized carbons (Fsp3) is 0.250. The van der Waals surface area contributed by atoms with Crippen LogP contribution in [-0.4, -0.2) is 19.0 Å². The predicted octanol–water partition coefficient (Wildman–Crippen LogP) is 3.91. The lowest BCUT2D eigenvalue weighted by Gasteiger charge is -2.08. The molecule has 92 valence electrons. The third-order valence-corrected chi connectivity index (χ3v) is 2.00. The van der Waals surface area contributed by atoms with Crippen LogP contribution in [-0.2, 0) is 0 Å². The van der Waals surface area contributed by atoms with Crippen LogP contribution >= 0.6 is 0 Å². The van der Waals surface area contributed by atoms with Crippen molar-refractivity contribution in [1.29, 1.82) is 0 Å². The minimum absolute atomic E-state index is 0.236. The van der Waals surface area contributed by atoms with Crippen molar-refractivity contribution in [2.75, 3.05) is 7.11 Å². The molecule has 0 aromatic heterocycles. The third-order valence-electron chi connectivity index (χ3n) is 2.00. The Kier molecular flexibility index (Phi) is 4.31. The summed E-state index contributed by atoms with van der Waals surface area (Å²) in [5, 5.41) is 0. The Bertz CT molecular complexity index is 407. The van der Waals surface area contributed by atoms with E-state index < -0.39 is 11.9 Å². The minimum Gasteiger partial charge on any atom is -0.497 e. The molecule has 1 rings (SSSR count). The van der Waals surface area contributed by atoms with Crippen LogP contribution in [0.2, 0.25) is 0 Å². The molecule has 0 spiro atoms. The first kappa shape index (κ1) is 13.3. The van der Waals surface area contributed by atoms with Gasteiger partial charge in [0.15, 0.2) is 0 Å². The van der Waals surface area contributed by atoms with Crippen LogP contribution in [0.5, 0.6) is 5.75 Å². The topological polar surface area (TPSA) is 21.6 Å². The molecule has 5 heteroatoms. The maximum atomic E-state index is 12.5. The number of methoxy groups -OCH3 is 1. The van der Waals surface area contributed by atoms with Gasteiger partial charge in [0.05, 0.1) is 12.8 Å². The van der Waals surface area contributed by atoms with E-state index in [2.05, 4.69) is 11.6 Å². The molecule has 0 fully saturated rings. The summed E-state index contributed by atoms with van der Waals surface area (Å²) in [6.07, 6.45) is -3.57. The van der Waals surface area contributed by atoms with Crippen LogP contribution in [0.3, 0.4) is 0 Å². The van der Waals surface area contributed by atoms with Crippen LogP contribution in [0.4, 0.5) is 18.9 Å². The molecule has 0 atom stereocenters. The van der Waals surface area contributed by atoms with E-state index >= 15 is 0 Å². The van der Waals surface area contributed by atoms with E-state index in [-0.39, 0.29) is 12.1 Å². The summed E-state index contributed by atoms with van der Waals surface area (Å²) in [6.45, 7) is 3.28. The van der Waals surface area contributed by atoms with E-state index in [1.165, 1.54) is 25.3 Å². The first-order valence-corrected chi connectivity index (χ1v) is 4.87. The zero-order valence-electron chi connectivity index (χ0n) is 9.29. The van der Waals surface area contributed by atoms with Crippen molar-refractivity contribution in [2.45, 2.75) is 12.6 Å². The molecule has 1 aromatic rings. The molecule has 0 unspecified atom stereocenters. The number of hydrogen-bond donors (Lipinski definition) is 0. The highest BCUT2D eigenvalue weighted by Gasteiger charge is 2.34. The fourth-order valence-electron chi connectivity index (χ4n) is 1.17. The van der Waals surface area contributed by atoms with Crippen LogP contribution in [0, 0.1) is 0 Å². The number of halogens is 3. The normalized spacial score (nSPS) is 12.4. The summed E-state index contributed by atoms with van der Waals surface area (Å²) in [5.74, 6) is 0.571. The van der Waals surface area contributed by atoms with Gasteiger partial charge in [0.1, 0.15) is 11.5 Å². The van der Waals surface area contributed by atoms with Crippen molar-refractivity contribution in [3.05, 3.63) is 36.9 Å². The molecule has 0 saturated carbocycles. The molecule has 0 N–H and O–H groups in total. The number of allylic oxidation sites excluding steroid dienone is 1. The second-order valence-corrected chi connectivity index (χ2v) is 3.25. The molecule has 0 bridgehead atoms. The summed E-state index contributed by atoms with van der Waals surface area (Å²) in [4.78, 5) is 3.56. The van der Waals surface area contributed by atoms with E-state index in [0.29, 0.717) is 5.75 Å². The highest BCUT2D eigenvalue weighted by Crippen LogP contribution is 2.24. The lowest BCUT2D eigenvalue weighted by atomic mass is 10.2. The Balaban J connectivity index is 3.00. The molecular formula is C12H12F3NO. The monoisotopic (exact) mass is 243 g/mol. The number of alkyl halides is 3. The smallest absolute Gasteiger partial charge is 0.429 e. The predicted molar refractivity (Wildman–Crippen MR) is 61.0 cm³/mol. The van der Waals surface area contributed by atoms with E-state index in [0.717, 1.165) is 0 Å². The molecule has 0 amide bonds. The second kappa shape index (κ2) is 5.52. The summed E-state index contributed by atoms with van der Waals surface area (Å²) < 4.78 is 42.5. The average molecular weight is 243 g/mol. The molecule has 0 aliphatic heterocycles. The maximum absolute atomic E-state index is 12.5. The largest absolute Gasteiger partial charge is 0.497 e. The molecule has 2 nitrogen and oxygen atoms in total. The SMILES string of the molecule is C=CCC(=Nc1ccc(OC)cc1)C(F)(F)F. The minimum atomic E-state index is -4.44. The van der Waals surface area contributed by atoms with Gasteiger partial charge in [-0.1, -0.05) is 6.08 Å². The molecule has 0 heterocycles. The van der Waals surface area contributed by atoms with Crippen LogP contribution in [0.25, 0.3) is 0 Å². The number of benzene rings is 1. The number of nitrogens with zero attached hydrogens (tertiary/aromatic N) is 1. The second-order valence-electron chi connectivity index (χ2n) is 3.25. The van der Waals surface area contributed by atoms with Gasteiger partial charge >= 0.3 is 6.18 Å². The van der Waals surface area contributed by atoms with Gasteiger partial charge in [-0.05, 0) is 24.3 Å². The first-order valence-electron chi connectivity index (χ1n) is 4.87. The van der Waals surface area contributed by atoms with Crippen molar-refractivity contribution < 1.29 is 17.9 Å². The highest BCUT2D eigenvalue weighted by atomic mass is 19.4. The van der Waals surface area contributed by atoms with Gasteiger partial charge in [0.25, 0.3) is 0 Å². The third kappa shape index (κ3) is 3.94. The number of hydrogen-bond acceptors (Lipinski definition) is 2. The van der Waals surface area contributed by atoms with E-state index in [9.17, 15) is 13.2 Å². The van der Waals surface area contributed by atoms with Gasteiger partial charge < -0.3 is 4.74 Å². The van der Waals surface area contributed by atoms with Gasteiger partial charge in [0, 0.05) is 6.42 Å². The average Bonchev–Trinajstić information content (AvgIpc) is 2.28. The molecule has 0 radical (unpaired) electrons. The van der Waals surface area contributed by atoms with Crippen LogP contribution < -0.4 is 4.74 Å². The Morgan fingerprint density at radius 1 is 1.35 bits per heavy atom. The van der Waals surface area contributed by atoms with Gasteiger partial charge in [-0.2, -0.15) is 13.2 Å². The van der Waals surface area contributed by atoms with Crippen LogP contribution in [0.15, 0.2) is 41.9 Å². The molecule has 1 aromatic carbocycles. The van der Waals surface area contributed by atoms with Crippen LogP contribution in [0.1, 0.15) is 6.42 Å². The standard InChI is InChI=1S/C12H12F3NO/c1-3-4-11(12(13,14)15)16-9-5-7-10(17-2)8-6-9/h3,5-8H,1,4H2,2H3. The number of ether oxygens (including phenoxy) is 1. The Morgan fingerprint density at radius 2 is 1.94 bits per heavy atom. The Labute approximate surface area is 97.4 Å². The lowest BCUT2D eigenvalue weighted by molar-refractivity contribution is -0.0599. The first-order chi connectivity index (χ1) is 7.97. The van der Waals surface area contributed by atoms with E-state index in [1.807, 2.05) is 0 Å². The maximum Gasteiger partial charge on any atom is 0.429 e. The van der Waals surface area contributed by atoms with Crippen molar-refractivity contribution in [3.63, 3.8) is 0 Å². The lowest BCUT2D eigenvalue weighted by Crippen LogP contribution is -2.21. The molecule has 0 aliphatic rings. The zero-order valence-corrected chi connectivity index (χ0v) is 9.29. The molecule has 17 heavy (non-hydrogen) atoms. The molecular weight excluding hydrogens is 231 g/mol. The van der Waals surface area contributed by atoms with Gasteiger partial charge in [-0.15, -0.1) is 6.58 Å². The van der Waals surface area contributed by atoms with Gasteiger partial charge in [-0.25, -0.2) is 4.99 Å². The summed E-state index contributed by atoms with van der Waals surface area (Å²) in [6, 6.07) is 6.04. The van der Waals surface area contributed by atoms with Gasteiger partial charge in [0.2, 0.25) is 0 Å². The number of rotatable bonds is 4. The van der Waals surface area contributed by atoms with Crippen molar-refractivity contribution in [3.8, 4) is 5.75 Å². The van der Waals surface area contributed by atoms with Crippen molar-refractivity contribution >= 4 is 11.4 Å². The highest BCUT2D eigenvalue weighted by molar-refractivity contribution is 5.92. The molecule has 0 saturated heterocycles.